The Bertz CT molecular complexity index is 454. The number of cyclic esters (lactones) is 1. The molecule has 0 spiro atoms. The Labute approximate surface area is 146 Å². The zero-order chi connectivity index (χ0) is 17.5. The van der Waals surface area contributed by atoms with Gasteiger partial charge in [-0.25, -0.2) is 0 Å². The van der Waals surface area contributed by atoms with E-state index in [-0.39, 0.29) is 18.2 Å². The molecule has 1 aliphatic heterocycles. The molecule has 0 aromatic heterocycles. The summed E-state index contributed by atoms with van der Waals surface area (Å²) in [6, 6.07) is -0.515. The molecule has 2 fully saturated rings. The SMILES string of the molecule is C=CC(=CC)CC1CCCC(N)C(=O)OC(C)C1OC1CCCC1. The summed E-state index contributed by atoms with van der Waals surface area (Å²) in [6.07, 6.45) is 12.2. The smallest absolute Gasteiger partial charge is 0.323 e. The normalized spacial score (nSPS) is 33.5. The third-order valence-electron chi connectivity index (χ3n) is 5.40. The lowest BCUT2D eigenvalue weighted by atomic mass is 9.86. The van der Waals surface area contributed by atoms with E-state index >= 15 is 0 Å². The van der Waals surface area contributed by atoms with Gasteiger partial charge in [0.2, 0.25) is 0 Å². The van der Waals surface area contributed by atoms with Crippen LogP contribution in [-0.4, -0.2) is 30.3 Å². The van der Waals surface area contributed by atoms with E-state index in [1.165, 1.54) is 18.4 Å². The molecule has 2 rings (SSSR count). The van der Waals surface area contributed by atoms with Crippen LogP contribution in [-0.2, 0) is 14.3 Å². The van der Waals surface area contributed by atoms with Gasteiger partial charge in [0.25, 0.3) is 0 Å². The Kier molecular flexibility index (Phi) is 7.50. The zero-order valence-corrected chi connectivity index (χ0v) is 15.2. The average molecular weight is 335 g/mol. The number of allylic oxidation sites excluding steroid dienone is 3. The molecule has 24 heavy (non-hydrogen) atoms. The Hall–Kier alpha value is -1.13. The number of rotatable bonds is 5. The summed E-state index contributed by atoms with van der Waals surface area (Å²) in [5, 5.41) is 0. The van der Waals surface area contributed by atoms with E-state index in [2.05, 4.69) is 12.7 Å². The fraction of sp³-hybridized carbons (Fsp3) is 0.750. The Morgan fingerprint density at radius 3 is 2.62 bits per heavy atom. The maximum Gasteiger partial charge on any atom is 0.323 e. The van der Waals surface area contributed by atoms with Gasteiger partial charge in [0.05, 0.1) is 12.2 Å². The summed E-state index contributed by atoms with van der Waals surface area (Å²) in [6.45, 7) is 7.91. The highest BCUT2D eigenvalue weighted by atomic mass is 16.6. The zero-order valence-electron chi connectivity index (χ0n) is 15.2. The first-order valence-corrected chi connectivity index (χ1v) is 9.44. The summed E-state index contributed by atoms with van der Waals surface area (Å²) in [5.41, 5.74) is 7.17. The van der Waals surface area contributed by atoms with Crippen molar-refractivity contribution in [2.75, 3.05) is 0 Å². The van der Waals surface area contributed by atoms with Crippen LogP contribution >= 0.6 is 0 Å². The molecular formula is C20H33NO3. The molecule has 136 valence electrons. The third kappa shape index (κ3) is 5.18. The predicted octanol–water partition coefficient (Wildman–Crippen LogP) is 3.90. The van der Waals surface area contributed by atoms with E-state index in [4.69, 9.17) is 15.2 Å². The van der Waals surface area contributed by atoms with Crippen LogP contribution in [0.3, 0.4) is 0 Å². The Morgan fingerprint density at radius 2 is 2.00 bits per heavy atom. The van der Waals surface area contributed by atoms with E-state index in [9.17, 15) is 4.79 Å². The van der Waals surface area contributed by atoms with Crippen LogP contribution in [0.4, 0.5) is 0 Å². The van der Waals surface area contributed by atoms with Gasteiger partial charge in [0.15, 0.2) is 0 Å². The fourth-order valence-corrected chi connectivity index (χ4v) is 3.91. The van der Waals surface area contributed by atoms with Gasteiger partial charge in [0, 0.05) is 0 Å². The summed E-state index contributed by atoms with van der Waals surface area (Å²) >= 11 is 0. The summed E-state index contributed by atoms with van der Waals surface area (Å²) < 4.78 is 12.1. The first kappa shape index (κ1) is 19.2. The minimum absolute atomic E-state index is 0.0720. The lowest BCUT2D eigenvalue weighted by molar-refractivity contribution is -0.164. The number of hydrogen-bond donors (Lipinski definition) is 1. The molecular weight excluding hydrogens is 302 g/mol. The van der Waals surface area contributed by atoms with Gasteiger partial charge >= 0.3 is 5.97 Å². The van der Waals surface area contributed by atoms with Crippen LogP contribution in [0.5, 0.6) is 0 Å². The summed E-state index contributed by atoms with van der Waals surface area (Å²) in [7, 11) is 0. The molecule has 0 aromatic carbocycles. The molecule has 4 atom stereocenters. The lowest BCUT2D eigenvalue weighted by Gasteiger charge is -2.33. The van der Waals surface area contributed by atoms with Gasteiger partial charge in [-0.3, -0.25) is 4.79 Å². The van der Waals surface area contributed by atoms with Gasteiger partial charge in [-0.1, -0.05) is 43.6 Å². The molecule has 1 saturated carbocycles. The van der Waals surface area contributed by atoms with Crippen molar-refractivity contribution in [1.29, 1.82) is 0 Å². The number of ether oxygens (including phenoxy) is 2. The second-order valence-electron chi connectivity index (χ2n) is 7.22. The highest BCUT2D eigenvalue weighted by Crippen LogP contribution is 2.32. The molecule has 4 heteroatoms. The first-order chi connectivity index (χ1) is 11.5. The third-order valence-corrected chi connectivity index (χ3v) is 5.40. The molecule has 2 aliphatic rings. The van der Waals surface area contributed by atoms with Crippen LogP contribution in [0.25, 0.3) is 0 Å². The van der Waals surface area contributed by atoms with Crippen molar-refractivity contribution in [3.8, 4) is 0 Å². The van der Waals surface area contributed by atoms with Gasteiger partial charge in [0.1, 0.15) is 12.1 Å². The molecule has 0 amide bonds. The largest absolute Gasteiger partial charge is 0.459 e. The van der Waals surface area contributed by atoms with Gasteiger partial charge in [-0.05, 0) is 51.9 Å². The maximum absolute atomic E-state index is 12.1. The van der Waals surface area contributed by atoms with Crippen molar-refractivity contribution in [3.05, 3.63) is 24.3 Å². The predicted molar refractivity (Wildman–Crippen MR) is 96.6 cm³/mol. The number of carbonyl (C=O) groups is 1. The van der Waals surface area contributed by atoms with Crippen molar-refractivity contribution in [3.63, 3.8) is 0 Å². The average Bonchev–Trinajstić information content (AvgIpc) is 3.09. The standard InChI is InChI=1S/C20H33NO3/c1-4-15(5-2)13-16-9-8-12-18(21)20(22)23-14(3)19(16)24-17-10-6-7-11-17/h4-5,14,16-19H,1,6-13,21H2,2-3H3. The van der Waals surface area contributed by atoms with Gasteiger partial charge < -0.3 is 15.2 Å². The van der Waals surface area contributed by atoms with Crippen molar-refractivity contribution in [1.82, 2.24) is 0 Å². The highest BCUT2D eigenvalue weighted by Gasteiger charge is 2.35. The molecule has 0 bridgehead atoms. The van der Waals surface area contributed by atoms with Crippen molar-refractivity contribution in [2.24, 2.45) is 11.7 Å². The molecule has 0 aromatic rings. The lowest BCUT2D eigenvalue weighted by Crippen LogP contribution is -2.41. The highest BCUT2D eigenvalue weighted by molar-refractivity contribution is 5.75. The van der Waals surface area contributed by atoms with Crippen LogP contribution in [0, 0.1) is 5.92 Å². The molecule has 1 aliphatic carbocycles. The van der Waals surface area contributed by atoms with Crippen LogP contribution in [0.1, 0.15) is 65.2 Å². The number of carbonyl (C=O) groups excluding carboxylic acids is 1. The van der Waals surface area contributed by atoms with E-state index in [1.54, 1.807) is 0 Å². The van der Waals surface area contributed by atoms with E-state index < -0.39 is 6.04 Å². The van der Waals surface area contributed by atoms with Crippen molar-refractivity contribution < 1.29 is 14.3 Å². The molecule has 2 N–H and O–H groups in total. The molecule has 1 saturated heterocycles. The van der Waals surface area contributed by atoms with Gasteiger partial charge in [-0.15, -0.1) is 0 Å². The summed E-state index contributed by atoms with van der Waals surface area (Å²) in [4.78, 5) is 12.1. The van der Waals surface area contributed by atoms with Crippen molar-refractivity contribution in [2.45, 2.75) is 89.6 Å². The van der Waals surface area contributed by atoms with Crippen LogP contribution in [0.15, 0.2) is 24.3 Å². The fourth-order valence-electron chi connectivity index (χ4n) is 3.91. The number of hydrogen-bond acceptors (Lipinski definition) is 4. The quantitative estimate of drug-likeness (QED) is 0.611. The number of esters is 1. The van der Waals surface area contributed by atoms with Crippen LogP contribution in [0.2, 0.25) is 0 Å². The molecule has 4 nitrogen and oxygen atoms in total. The molecule has 4 unspecified atom stereocenters. The topological polar surface area (TPSA) is 61.6 Å². The van der Waals surface area contributed by atoms with E-state index in [0.717, 1.165) is 32.1 Å². The van der Waals surface area contributed by atoms with E-state index in [0.29, 0.717) is 18.4 Å². The van der Waals surface area contributed by atoms with Gasteiger partial charge in [-0.2, -0.15) is 0 Å². The monoisotopic (exact) mass is 335 g/mol. The second-order valence-corrected chi connectivity index (χ2v) is 7.22. The Balaban J connectivity index is 2.18. The first-order valence-electron chi connectivity index (χ1n) is 9.44. The summed E-state index contributed by atoms with van der Waals surface area (Å²) in [5.74, 6) is 0.0287. The van der Waals surface area contributed by atoms with E-state index in [1.807, 2.05) is 19.9 Å². The van der Waals surface area contributed by atoms with Crippen LogP contribution < -0.4 is 5.73 Å². The second kappa shape index (κ2) is 9.38. The molecule has 0 radical (unpaired) electrons. The minimum atomic E-state index is -0.515. The Morgan fingerprint density at radius 1 is 1.29 bits per heavy atom. The molecule has 1 heterocycles. The minimum Gasteiger partial charge on any atom is -0.459 e. The maximum atomic E-state index is 12.1. The van der Waals surface area contributed by atoms with Crippen molar-refractivity contribution >= 4 is 5.97 Å². The number of nitrogens with two attached hydrogens (primary N) is 1.